The number of fused-ring (bicyclic) bond motifs is 1. The van der Waals surface area contributed by atoms with Crippen LogP contribution in [-0.2, 0) is 18.3 Å². The standard InChI is InChI=1S/C14H16F3NO/c1-4-18-11(13(2,3)19)8-9-6-5-7-10(12(9)18)14(15,16)17/h5-8,19H,4H2,1-3H3. The summed E-state index contributed by atoms with van der Waals surface area (Å²) in [6.45, 7) is 5.28. The number of nitrogens with zero attached hydrogens (tertiary/aromatic N) is 1. The second-order valence-corrected chi connectivity index (χ2v) is 5.07. The van der Waals surface area contributed by atoms with Crippen LogP contribution in [0.3, 0.4) is 0 Å². The molecule has 104 valence electrons. The summed E-state index contributed by atoms with van der Waals surface area (Å²) in [5.74, 6) is 0. The third kappa shape index (κ3) is 2.34. The number of benzene rings is 1. The van der Waals surface area contributed by atoms with E-state index in [1.807, 2.05) is 0 Å². The van der Waals surface area contributed by atoms with Crippen LogP contribution in [0.5, 0.6) is 0 Å². The molecule has 0 aliphatic heterocycles. The average molecular weight is 271 g/mol. The third-order valence-electron chi connectivity index (χ3n) is 3.17. The Morgan fingerprint density at radius 2 is 1.84 bits per heavy atom. The Morgan fingerprint density at radius 1 is 1.21 bits per heavy atom. The molecule has 1 aromatic carbocycles. The largest absolute Gasteiger partial charge is 0.418 e. The van der Waals surface area contributed by atoms with Crippen molar-refractivity contribution >= 4 is 10.9 Å². The van der Waals surface area contributed by atoms with Gasteiger partial charge in [0.1, 0.15) is 0 Å². The molecule has 0 aliphatic rings. The molecule has 0 bridgehead atoms. The van der Waals surface area contributed by atoms with Crippen LogP contribution in [-0.4, -0.2) is 9.67 Å². The van der Waals surface area contributed by atoms with Crippen LogP contribution >= 0.6 is 0 Å². The first kappa shape index (κ1) is 13.9. The lowest BCUT2D eigenvalue weighted by atomic mass is 10.1. The van der Waals surface area contributed by atoms with Crippen molar-refractivity contribution in [2.45, 2.75) is 39.1 Å². The molecular formula is C14H16F3NO. The Bertz CT molecular complexity index is 605. The van der Waals surface area contributed by atoms with Crippen molar-refractivity contribution in [3.8, 4) is 0 Å². The van der Waals surface area contributed by atoms with Crippen LogP contribution in [0, 0.1) is 0 Å². The number of hydrogen-bond acceptors (Lipinski definition) is 1. The van der Waals surface area contributed by atoms with Crippen molar-refractivity contribution in [3.63, 3.8) is 0 Å². The van der Waals surface area contributed by atoms with Gasteiger partial charge in [-0.05, 0) is 32.9 Å². The van der Waals surface area contributed by atoms with E-state index < -0.39 is 17.3 Å². The fourth-order valence-corrected chi connectivity index (χ4v) is 2.39. The van der Waals surface area contributed by atoms with Gasteiger partial charge in [-0.15, -0.1) is 0 Å². The number of halogens is 3. The molecule has 19 heavy (non-hydrogen) atoms. The summed E-state index contributed by atoms with van der Waals surface area (Å²) in [4.78, 5) is 0. The summed E-state index contributed by atoms with van der Waals surface area (Å²) >= 11 is 0. The second kappa shape index (κ2) is 4.27. The fraction of sp³-hybridized carbons (Fsp3) is 0.429. The first-order chi connectivity index (χ1) is 8.66. The van der Waals surface area contributed by atoms with Gasteiger partial charge in [0.25, 0.3) is 0 Å². The van der Waals surface area contributed by atoms with E-state index in [1.165, 1.54) is 10.6 Å². The van der Waals surface area contributed by atoms with Crippen molar-refractivity contribution < 1.29 is 18.3 Å². The highest BCUT2D eigenvalue weighted by Gasteiger charge is 2.35. The molecule has 0 fully saturated rings. The molecule has 1 N–H and O–H groups in total. The molecule has 1 heterocycles. The Hall–Kier alpha value is -1.49. The molecule has 0 aliphatic carbocycles. The van der Waals surface area contributed by atoms with Gasteiger partial charge in [-0.3, -0.25) is 0 Å². The molecule has 5 heteroatoms. The predicted octanol–water partition coefficient (Wildman–Crippen LogP) is 3.91. The van der Waals surface area contributed by atoms with Crippen LogP contribution < -0.4 is 0 Å². The molecule has 2 aromatic rings. The van der Waals surface area contributed by atoms with E-state index in [-0.39, 0.29) is 5.52 Å². The van der Waals surface area contributed by atoms with E-state index in [0.717, 1.165) is 6.07 Å². The lowest BCUT2D eigenvalue weighted by molar-refractivity contribution is -0.136. The van der Waals surface area contributed by atoms with E-state index in [2.05, 4.69) is 0 Å². The molecule has 0 unspecified atom stereocenters. The number of aliphatic hydroxyl groups is 1. The van der Waals surface area contributed by atoms with E-state index in [0.29, 0.717) is 17.6 Å². The maximum atomic E-state index is 13.1. The van der Waals surface area contributed by atoms with Crippen molar-refractivity contribution in [2.24, 2.45) is 0 Å². The minimum atomic E-state index is -4.40. The highest BCUT2D eigenvalue weighted by Crippen LogP contribution is 2.37. The summed E-state index contributed by atoms with van der Waals surface area (Å²) < 4.78 is 40.7. The molecule has 0 radical (unpaired) electrons. The van der Waals surface area contributed by atoms with Gasteiger partial charge in [-0.25, -0.2) is 0 Å². The highest BCUT2D eigenvalue weighted by atomic mass is 19.4. The van der Waals surface area contributed by atoms with Crippen molar-refractivity contribution in [1.82, 2.24) is 4.57 Å². The zero-order valence-electron chi connectivity index (χ0n) is 11.0. The number of aromatic nitrogens is 1. The van der Waals surface area contributed by atoms with Gasteiger partial charge in [0, 0.05) is 11.9 Å². The van der Waals surface area contributed by atoms with Gasteiger partial charge < -0.3 is 9.67 Å². The molecule has 2 rings (SSSR count). The van der Waals surface area contributed by atoms with E-state index in [1.54, 1.807) is 32.9 Å². The smallest absolute Gasteiger partial charge is 0.384 e. The maximum absolute atomic E-state index is 13.1. The van der Waals surface area contributed by atoms with Crippen LogP contribution in [0.25, 0.3) is 10.9 Å². The van der Waals surface area contributed by atoms with Gasteiger partial charge in [0.2, 0.25) is 0 Å². The summed E-state index contributed by atoms with van der Waals surface area (Å²) in [6, 6.07) is 5.71. The minimum absolute atomic E-state index is 0.134. The summed E-state index contributed by atoms with van der Waals surface area (Å²) in [6.07, 6.45) is -4.40. The molecular weight excluding hydrogens is 255 g/mol. The Morgan fingerprint density at radius 3 is 2.32 bits per heavy atom. The summed E-state index contributed by atoms with van der Waals surface area (Å²) in [5.41, 5.74) is -1.23. The Labute approximate surface area is 109 Å². The molecule has 0 saturated heterocycles. The zero-order valence-corrected chi connectivity index (χ0v) is 11.0. The average Bonchev–Trinajstić information content (AvgIpc) is 2.65. The molecule has 2 nitrogen and oxygen atoms in total. The maximum Gasteiger partial charge on any atom is 0.418 e. The predicted molar refractivity (Wildman–Crippen MR) is 67.9 cm³/mol. The summed E-state index contributed by atoms with van der Waals surface area (Å²) in [7, 11) is 0. The van der Waals surface area contributed by atoms with Crippen molar-refractivity contribution in [3.05, 3.63) is 35.5 Å². The topological polar surface area (TPSA) is 25.2 Å². The molecule has 0 saturated carbocycles. The lowest BCUT2D eigenvalue weighted by Crippen LogP contribution is -2.21. The fourth-order valence-electron chi connectivity index (χ4n) is 2.39. The highest BCUT2D eigenvalue weighted by molar-refractivity contribution is 5.85. The Balaban J connectivity index is 2.86. The van der Waals surface area contributed by atoms with E-state index in [4.69, 9.17) is 0 Å². The zero-order chi connectivity index (χ0) is 14.4. The number of hydrogen-bond donors (Lipinski definition) is 1. The molecule has 1 aromatic heterocycles. The van der Waals surface area contributed by atoms with Crippen LogP contribution in [0.1, 0.15) is 32.0 Å². The van der Waals surface area contributed by atoms with Gasteiger partial charge >= 0.3 is 6.18 Å². The first-order valence-electron chi connectivity index (χ1n) is 6.08. The molecule has 0 spiro atoms. The minimum Gasteiger partial charge on any atom is -0.384 e. The lowest BCUT2D eigenvalue weighted by Gasteiger charge is -2.21. The van der Waals surface area contributed by atoms with Crippen LogP contribution in [0.4, 0.5) is 13.2 Å². The van der Waals surface area contributed by atoms with Gasteiger partial charge in [-0.2, -0.15) is 13.2 Å². The normalized spacial score (nSPS) is 13.2. The third-order valence-corrected chi connectivity index (χ3v) is 3.17. The number of rotatable bonds is 2. The van der Waals surface area contributed by atoms with Gasteiger partial charge in [0.15, 0.2) is 0 Å². The number of aryl methyl sites for hydroxylation is 1. The van der Waals surface area contributed by atoms with Crippen LogP contribution in [0.2, 0.25) is 0 Å². The molecule has 0 atom stereocenters. The van der Waals surface area contributed by atoms with Gasteiger partial charge in [0.05, 0.1) is 22.4 Å². The van der Waals surface area contributed by atoms with E-state index >= 15 is 0 Å². The monoisotopic (exact) mass is 271 g/mol. The quantitative estimate of drug-likeness (QED) is 0.880. The Kier molecular flexibility index (Phi) is 3.13. The summed E-state index contributed by atoms with van der Waals surface area (Å²) in [5, 5.41) is 10.6. The van der Waals surface area contributed by atoms with Crippen molar-refractivity contribution in [1.29, 1.82) is 0 Å². The SMILES string of the molecule is CCn1c(C(C)(C)O)cc2cccc(C(F)(F)F)c21. The number of alkyl halides is 3. The molecule has 0 amide bonds. The van der Waals surface area contributed by atoms with Crippen LogP contribution in [0.15, 0.2) is 24.3 Å². The van der Waals surface area contributed by atoms with Crippen molar-refractivity contribution in [2.75, 3.05) is 0 Å². The van der Waals surface area contributed by atoms with E-state index in [9.17, 15) is 18.3 Å². The first-order valence-corrected chi connectivity index (χ1v) is 6.08. The number of para-hydroxylation sites is 1. The van der Waals surface area contributed by atoms with Gasteiger partial charge in [-0.1, -0.05) is 12.1 Å². The second-order valence-electron chi connectivity index (χ2n) is 5.07.